The van der Waals surface area contributed by atoms with Gasteiger partial charge in [-0.25, -0.2) is 9.97 Å². The third-order valence-electron chi connectivity index (χ3n) is 6.32. The lowest BCUT2D eigenvalue weighted by Gasteiger charge is -2.21. The van der Waals surface area contributed by atoms with E-state index in [-0.39, 0.29) is 22.9 Å². The van der Waals surface area contributed by atoms with Crippen molar-refractivity contribution in [2.75, 3.05) is 29.9 Å². The first-order valence-electron chi connectivity index (χ1n) is 12.6. The van der Waals surface area contributed by atoms with E-state index in [1.165, 1.54) is 6.20 Å². The Bertz CT molecular complexity index is 1820. The number of fused-ring (bicyclic) bond motifs is 1. The Balaban J connectivity index is 1.68. The number of para-hydroxylation sites is 1. The number of hydrogen-bond donors (Lipinski definition) is 3. The summed E-state index contributed by atoms with van der Waals surface area (Å²) in [5.41, 5.74) is 8.96. The van der Waals surface area contributed by atoms with Gasteiger partial charge in [0.2, 0.25) is 5.95 Å². The Morgan fingerprint density at radius 3 is 2.56 bits per heavy atom. The van der Waals surface area contributed by atoms with Crippen LogP contribution in [0.1, 0.15) is 24.4 Å². The molecule has 0 fully saturated rings. The summed E-state index contributed by atoms with van der Waals surface area (Å²) in [6.07, 6.45) is 1.35. The van der Waals surface area contributed by atoms with Crippen LogP contribution in [-0.4, -0.2) is 42.5 Å². The zero-order valence-corrected chi connectivity index (χ0v) is 23.4. The van der Waals surface area contributed by atoms with Crippen molar-refractivity contribution in [3.05, 3.63) is 101 Å². The van der Waals surface area contributed by atoms with Crippen molar-refractivity contribution < 1.29 is 4.55 Å². The molecule has 2 aromatic heterocycles. The first-order valence-corrected chi connectivity index (χ1v) is 13.7. The monoisotopic (exact) mass is 565 g/mol. The minimum absolute atomic E-state index is 0.0152. The van der Waals surface area contributed by atoms with E-state index in [0.29, 0.717) is 33.7 Å². The van der Waals surface area contributed by atoms with Crippen molar-refractivity contribution in [2.45, 2.75) is 13.0 Å². The van der Waals surface area contributed by atoms with Crippen molar-refractivity contribution in [1.29, 1.82) is 5.26 Å². The molecule has 0 aliphatic carbocycles. The Labute approximate surface area is 239 Å². The maximum absolute atomic E-state index is 14.4. The van der Waals surface area contributed by atoms with Crippen LogP contribution in [0.25, 0.3) is 27.7 Å². The van der Waals surface area contributed by atoms with Crippen molar-refractivity contribution in [2.24, 2.45) is 0 Å². The number of rotatable bonds is 8. The number of nitriles is 1. The van der Waals surface area contributed by atoms with Crippen LogP contribution in [0.15, 0.2) is 83.8 Å². The Hall–Kier alpha value is -4.96. The average molecular weight is 566 g/mol. The highest BCUT2D eigenvalue weighted by Gasteiger charge is 2.22. The van der Waals surface area contributed by atoms with Crippen LogP contribution in [0.5, 0.6) is 0 Å². The maximum atomic E-state index is 14.4. The van der Waals surface area contributed by atoms with Crippen molar-refractivity contribution in [1.82, 2.24) is 23.8 Å². The summed E-state index contributed by atoms with van der Waals surface area (Å²) in [5, 5.41) is 13.2. The molecule has 5 rings (SSSR count). The van der Waals surface area contributed by atoms with Crippen molar-refractivity contribution in [3.8, 4) is 22.9 Å². The second-order valence-electron chi connectivity index (χ2n) is 9.36. The number of aromatic nitrogens is 4. The first-order chi connectivity index (χ1) is 19.8. The zero-order chi connectivity index (χ0) is 29.1. The van der Waals surface area contributed by atoms with Crippen LogP contribution in [0.4, 0.5) is 17.5 Å². The molecule has 0 saturated heterocycles. The zero-order valence-electron chi connectivity index (χ0n) is 22.6. The van der Waals surface area contributed by atoms with Gasteiger partial charge in [-0.05, 0) is 48.4 Å². The molecule has 0 saturated carbocycles. The molecule has 0 radical (unpaired) electrons. The molecule has 0 aliphatic heterocycles. The van der Waals surface area contributed by atoms with Crippen LogP contribution in [0, 0.1) is 11.3 Å². The van der Waals surface area contributed by atoms with E-state index in [0.717, 1.165) is 5.56 Å². The summed E-state index contributed by atoms with van der Waals surface area (Å²) in [5.74, 6) is 0.680. The van der Waals surface area contributed by atoms with E-state index in [1.807, 2.05) is 73.7 Å². The molecule has 0 aliphatic rings. The van der Waals surface area contributed by atoms with E-state index in [4.69, 9.17) is 10.7 Å². The van der Waals surface area contributed by atoms with Gasteiger partial charge in [0, 0.05) is 14.1 Å². The van der Waals surface area contributed by atoms with Gasteiger partial charge < -0.3 is 15.6 Å². The molecule has 2 heterocycles. The van der Waals surface area contributed by atoms with Crippen molar-refractivity contribution in [3.63, 3.8) is 0 Å². The molecule has 2 unspecified atom stereocenters. The topological polar surface area (TPSA) is 161 Å². The smallest absolute Gasteiger partial charge is 0.266 e. The predicted molar refractivity (Wildman–Crippen MR) is 161 cm³/mol. The summed E-state index contributed by atoms with van der Waals surface area (Å²) in [6.45, 7) is 1.83. The van der Waals surface area contributed by atoms with E-state index < -0.39 is 17.6 Å². The van der Waals surface area contributed by atoms with E-state index >= 15 is 0 Å². The standard InChI is InChI=1S/C29H27N9O2S/c1-18(33-26-20(16-30)17-32-29(31)35-26)27-34-24-14-8-13-23(19-9-7-10-21(15-19)36-41(40)37(2)3)25(24)28(39)38(27)22-11-5-4-6-12-22/h4-15,17-18,36H,1-3H3,(H3,31,32,33,35). The second kappa shape index (κ2) is 11.6. The molecule has 4 N–H and O–H groups in total. The fraction of sp³-hybridized carbons (Fsp3) is 0.138. The Morgan fingerprint density at radius 1 is 1.07 bits per heavy atom. The fourth-order valence-electron chi connectivity index (χ4n) is 4.40. The number of nitrogens with two attached hydrogens (primary N) is 1. The van der Waals surface area contributed by atoms with Gasteiger partial charge in [0.1, 0.15) is 23.3 Å². The molecule has 0 spiro atoms. The summed E-state index contributed by atoms with van der Waals surface area (Å²) >= 11 is -1.42. The van der Waals surface area contributed by atoms with E-state index in [1.54, 1.807) is 29.0 Å². The van der Waals surface area contributed by atoms with E-state index in [9.17, 15) is 14.6 Å². The highest BCUT2D eigenvalue weighted by molar-refractivity contribution is 7.90. The Morgan fingerprint density at radius 2 is 1.83 bits per heavy atom. The summed E-state index contributed by atoms with van der Waals surface area (Å²) in [4.78, 5) is 27.4. The van der Waals surface area contributed by atoms with Crippen molar-refractivity contribution >= 4 is 39.9 Å². The summed E-state index contributed by atoms with van der Waals surface area (Å²) in [6, 6.07) is 23.6. The van der Waals surface area contributed by atoms with Gasteiger partial charge in [-0.3, -0.25) is 9.36 Å². The third-order valence-corrected chi connectivity index (χ3v) is 7.39. The molecular formula is C29H27N9O2S. The normalized spacial score (nSPS) is 12.6. The average Bonchev–Trinajstić information content (AvgIpc) is 2.97. The summed E-state index contributed by atoms with van der Waals surface area (Å²) in [7, 11) is 3.42. The molecular weight excluding hydrogens is 538 g/mol. The molecule has 206 valence electrons. The van der Waals surface area contributed by atoms with E-state index in [2.05, 4.69) is 26.1 Å². The number of benzene rings is 3. The molecule has 5 aromatic rings. The molecule has 0 amide bonds. The number of nitrogens with one attached hydrogen (secondary N) is 2. The number of anilines is 3. The molecule has 11 nitrogen and oxygen atoms in total. The van der Waals surface area contributed by atoms with Gasteiger partial charge in [-0.1, -0.05) is 42.5 Å². The van der Waals surface area contributed by atoms with Gasteiger partial charge in [-0.15, -0.1) is 4.31 Å². The largest absolute Gasteiger partial charge is 0.573 e. The Kier molecular flexibility index (Phi) is 7.84. The number of hydrogen-bond acceptors (Lipinski definition) is 10. The predicted octanol–water partition coefficient (Wildman–Crippen LogP) is 4.02. The molecule has 3 aromatic carbocycles. The number of nitrogen functional groups attached to an aromatic ring is 1. The SMILES string of the molecule is CC(Nc1nc(N)ncc1C#N)c1nc2cccc(-c3cccc(N[S+]([O-])N(C)C)c3)c2c(=O)n1-c1ccccc1. The van der Waals surface area contributed by atoms with Gasteiger partial charge in [-0.2, -0.15) is 15.0 Å². The number of nitrogens with zero attached hydrogens (tertiary/aromatic N) is 6. The van der Waals surface area contributed by atoms with Gasteiger partial charge in [0.15, 0.2) is 11.5 Å². The lowest BCUT2D eigenvalue weighted by Crippen LogP contribution is -2.29. The highest BCUT2D eigenvalue weighted by atomic mass is 32.2. The van der Waals surface area contributed by atoms with Crippen LogP contribution in [-0.2, 0) is 11.5 Å². The van der Waals surface area contributed by atoms with Crippen LogP contribution < -0.4 is 21.3 Å². The molecule has 2 atom stereocenters. The minimum Gasteiger partial charge on any atom is -0.573 e. The maximum Gasteiger partial charge on any atom is 0.266 e. The molecule has 12 heteroatoms. The highest BCUT2D eigenvalue weighted by Crippen LogP contribution is 2.30. The summed E-state index contributed by atoms with van der Waals surface area (Å²) < 4.78 is 18.4. The lowest BCUT2D eigenvalue weighted by atomic mass is 10.0. The molecule has 41 heavy (non-hydrogen) atoms. The third kappa shape index (κ3) is 5.68. The van der Waals surface area contributed by atoms with Crippen LogP contribution in [0.3, 0.4) is 0 Å². The van der Waals surface area contributed by atoms with Gasteiger partial charge >= 0.3 is 0 Å². The molecule has 0 bridgehead atoms. The fourth-order valence-corrected chi connectivity index (χ4v) is 4.92. The lowest BCUT2D eigenvalue weighted by molar-refractivity contribution is 0.526. The first kappa shape index (κ1) is 27.6. The minimum atomic E-state index is -1.42. The van der Waals surface area contributed by atoms with Gasteiger partial charge in [0.05, 0.1) is 34.5 Å². The van der Waals surface area contributed by atoms with Crippen LogP contribution >= 0.6 is 0 Å². The van der Waals surface area contributed by atoms with Gasteiger partial charge in [0.25, 0.3) is 5.56 Å². The quantitative estimate of drug-likeness (QED) is 0.234. The second-order valence-corrected chi connectivity index (χ2v) is 10.8. The van der Waals surface area contributed by atoms with Crippen LogP contribution in [0.2, 0.25) is 0 Å².